The summed E-state index contributed by atoms with van der Waals surface area (Å²) in [7, 11) is 0. The highest BCUT2D eigenvalue weighted by Gasteiger charge is 2.26. The quantitative estimate of drug-likeness (QED) is 0.619. The van der Waals surface area contributed by atoms with Gasteiger partial charge in [-0.05, 0) is 32.0 Å². The Hall–Kier alpha value is -3.46. The van der Waals surface area contributed by atoms with Crippen LogP contribution in [-0.4, -0.2) is 55.0 Å². The zero-order chi connectivity index (χ0) is 21.8. The minimum Gasteiger partial charge on any atom is -0.368 e. The lowest BCUT2D eigenvalue weighted by atomic mass is 10.1. The molecule has 3 aromatic heterocycles. The Kier molecular flexibility index (Phi) is 6.13. The minimum absolute atomic E-state index is 0.0206. The normalized spacial score (nSPS) is 16.3. The molecule has 0 N–H and O–H groups in total. The Morgan fingerprint density at radius 3 is 2.77 bits per heavy atom. The van der Waals surface area contributed by atoms with Gasteiger partial charge < -0.3 is 9.64 Å². The van der Waals surface area contributed by atoms with Gasteiger partial charge in [0.2, 0.25) is 5.91 Å². The monoisotopic (exact) mass is 420 g/mol. The van der Waals surface area contributed by atoms with Gasteiger partial charge in [0.05, 0.1) is 24.5 Å². The molecule has 0 aliphatic carbocycles. The lowest BCUT2D eigenvalue weighted by Crippen LogP contribution is -2.43. The summed E-state index contributed by atoms with van der Waals surface area (Å²) in [5.41, 5.74) is 3.49. The molecular weight excluding hydrogens is 396 g/mol. The van der Waals surface area contributed by atoms with Crippen LogP contribution in [0, 0.1) is 13.8 Å². The van der Waals surface area contributed by atoms with Crippen LogP contribution in [0.15, 0.2) is 47.8 Å². The maximum absolute atomic E-state index is 12.8. The molecule has 0 radical (unpaired) electrons. The standard InChI is InChI=1S/C22H24N6O3/c1-15-10-16(2)28(22(30)25-15)7-6-21(29)27-8-9-31-20(13-27)19-5-3-4-18(26-19)17-11-23-14-24-12-17/h3-5,10-12,14,20H,6-9,13H2,1-2H3/t20-/m0/s1. The minimum atomic E-state index is -0.323. The zero-order valence-corrected chi connectivity index (χ0v) is 17.6. The summed E-state index contributed by atoms with van der Waals surface area (Å²) < 4.78 is 7.43. The Morgan fingerprint density at radius 2 is 2.00 bits per heavy atom. The van der Waals surface area contributed by atoms with Gasteiger partial charge in [0.1, 0.15) is 12.4 Å². The topological polar surface area (TPSA) is 103 Å². The first-order chi connectivity index (χ1) is 15.0. The van der Waals surface area contributed by atoms with Crippen LogP contribution in [0.25, 0.3) is 11.3 Å². The smallest absolute Gasteiger partial charge is 0.347 e. The summed E-state index contributed by atoms with van der Waals surface area (Å²) in [6, 6.07) is 7.54. The summed E-state index contributed by atoms with van der Waals surface area (Å²) in [6.45, 7) is 5.30. The fraction of sp³-hybridized carbons (Fsp3) is 0.364. The number of hydrogen-bond acceptors (Lipinski definition) is 7. The second-order valence-corrected chi connectivity index (χ2v) is 7.50. The van der Waals surface area contributed by atoms with Crippen LogP contribution in [-0.2, 0) is 16.1 Å². The van der Waals surface area contributed by atoms with Crippen LogP contribution < -0.4 is 5.69 Å². The van der Waals surface area contributed by atoms with Crippen molar-refractivity contribution in [3.8, 4) is 11.3 Å². The van der Waals surface area contributed by atoms with Crippen molar-refractivity contribution < 1.29 is 9.53 Å². The van der Waals surface area contributed by atoms with Crippen molar-refractivity contribution in [2.45, 2.75) is 32.9 Å². The molecule has 9 nitrogen and oxygen atoms in total. The number of aryl methyl sites for hydroxylation is 2. The second-order valence-electron chi connectivity index (χ2n) is 7.50. The van der Waals surface area contributed by atoms with E-state index in [1.807, 2.05) is 31.2 Å². The highest BCUT2D eigenvalue weighted by atomic mass is 16.5. The number of morpholine rings is 1. The van der Waals surface area contributed by atoms with Gasteiger partial charge in [-0.25, -0.2) is 19.7 Å². The number of amides is 1. The molecule has 1 aliphatic heterocycles. The molecule has 1 saturated heterocycles. The first kappa shape index (κ1) is 20.8. The van der Waals surface area contributed by atoms with Crippen molar-refractivity contribution in [2.75, 3.05) is 19.7 Å². The molecule has 3 aromatic rings. The molecule has 4 rings (SSSR count). The van der Waals surface area contributed by atoms with E-state index in [9.17, 15) is 9.59 Å². The van der Waals surface area contributed by atoms with Crippen LogP contribution in [0.4, 0.5) is 0 Å². The number of carbonyl (C=O) groups excluding carboxylic acids is 1. The van der Waals surface area contributed by atoms with Crippen molar-refractivity contribution >= 4 is 5.91 Å². The Bertz CT molecular complexity index is 1130. The van der Waals surface area contributed by atoms with Crippen molar-refractivity contribution in [1.29, 1.82) is 0 Å². The predicted molar refractivity (Wildman–Crippen MR) is 113 cm³/mol. The Morgan fingerprint density at radius 1 is 1.19 bits per heavy atom. The summed E-state index contributed by atoms with van der Waals surface area (Å²) in [6.07, 6.45) is 4.81. The highest BCUT2D eigenvalue weighted by molar-refractivity contribution is 5.76. The zero-order valence-electron chi connectivity index (χ0n) is 17.6. The van der Waals surface area contributed by atoms with Gasteiger partial charge in [-0.2, -0.15) is 4.98 Å². The van der Waals surface area contributed by atoms with E-state index in [0.717, 1.165) is 22.6 Å². The molecule has 0 spiro atoms. The molecule has 1 aliphatic rings. The van der Waals surface area contributed by atoms with E-state index < -0.39 is 0 Å². The highest BCUT2D eigenvalue weighted by Crippen LogP contribution is 2.24. The van der Waals surface area contributed by atoms with E-state index in [2.05, 4.69) is 19.9 Å². The molecule has 4 heterocycles. The van der Waals surface area contributed by atoms with Gasteiger partial charge >= 0.3 is 5.69 Å². The van der Waals surface area contributed by atoms with Crippen molar-refractivity contribution in [3.05, 3.63) is 70.6 Å². The van der Waals surface area contributed by atoms with Crippen LogP contribution in [0.2, 0.25) is 0 Å². The number of aromatic nitrogens is 5. The third-order valence-corrected chi connectivity index (χ3v) is 5.27. The number of pyridine rings is 1. The van der Waals surface area contributed by atoms with Gasteiger partial charge in [0.15, 0.2) is 0 Å². The van der Waals surface area contributed by atoms with Gasteiger partial charge in [0, 0.05) is 48.9 Å². The average Bonchev–Trinajstić information content (AvgIpc) is 2.79. The molecule has 0 aromatic carbocycles. The van der Waals surface area contributed by atoms with Crippen LogP contribution in [0.5, 0.6) is 0 Å². The number of rotatable bonds is 5. The first-order valence-corrected chi connectivity index (χ1v) is 10.2. The first-order valence-electron chi connectivity index (χ1n) is 10.2. The van der Waals surface area contributed by atoms with Crippen LogP contribution >= 0.6 is 0 Å². The van der Waals surface area contributed by atoms with Crippen LogP contribution in [0.1, 0.15) is 29.6 Å². The lowest BCUT2D eigenvalue weighted by molar-refractivity contribution is -0.139. The molecule has 9 heteroatoms. The van der Waals surface area contributed by atoms with E-state index in [-0.39, 0.29) is 24.1 Å². The number of carbonyl (C=O) groups is 1. The molecule has 160 valence electrons. The second kappa shape index (κ2) is 9.13. The fourth-order valence-corrected chi connectivity index (χ4v) is 3.69. The Labute approximate surface area is 179 Å². The van der Waals surface area contributed by atoms with Crippen molar-refractivity contribution in [2.24, 2.45) is 0 Å². The molecule has 1 fully saturated rings. The van der Waals surface area contributed by atoms with E-state index in [0.29, 0.717) is 31.9 Å². The average molecular weight is 420 g/mol. The molecular formula is C22H24N6O3. The van der Waals surface area contributed by atoms with Crippen molar-refractivity contribution in [3.63, 3.8) is 0 Å². The third-order valence-electron chi connectivity index (χ3n) is 5.27. The van der Waals surface area contributed by atoms with Crippen LogP contribution in [0.3, 0.4) is 0 Å². The molecule has 0 bridgehead atoms. The van der Waals surface area contributed by atoms with Gasteiger partial charge in [0.25, 0.3) is 0 Å². The molecule has 0 saturated carbocycles. The number of hydrogen-bond donors (Lipinski definition) is 0. The summed E-state index contributed by atoms with van der Waals surface area (Å²) >= 11 is 0. The molecule has 1 atom stereocenters. The van der Waals surface area contributed by atoms with Gasteiger partial charge in [-0.3, -0.25) is 9.36 Å². The molecule has 31 heavy (non-hydrogen) atoms. The van der Waals surface area contributed by atoms with E-state index >= 15 is 0 Å². The van der Waals surface area contributed by atoms with E-state index in [4.69, 9.17) is 4.74 Å². The maximum Gasteiger partial charge on any atom is 0.347 e. The maximum atomic E-state index is 12.8. The third kappa shape index (κ3) is 4.83. The van der Waals surface area contributed by atoms with E-state index in [1.54, 1.807) is 24.2 Å². The van der Waals surface area contributed by atoms with Gasteiger partial charge in [-0.1, -0.05) is 6.07 Å². The lowest BCUT2D eigenvalue weighted by Gasteiger charge is -2.33. The summed E-state index contributed by atoms with van der Waals surface area (Å²) in [4.78, 5) is 43.4. The largest absolute Gasteiger partial charge is 0.368 e. The SMILES string of the molecule is Cc1cc(C)n(CCC(=O)N2CCO[C@H](c3cccc(-c4cncnc4)n3)C2)c(=O)n1. The van der Waals surface area contributed by atoms with Gasteiger partial charge in [-0.15, -0.1) is 0 Å². The van der Waals surface area contributed by atoms with Crippen molar-refractivity contribution in [1.82, 2.24) is 29.4 Å². The molecule has 1 amide bonds. The summed E-state index contributed by atoms with van der Waals surface area (Å²) in [5.74, 6) is -0.0206. The summed E-state index contributed by atoms with van der Waals surface area (Å²) in [5, 5.41) is 0. The predicted octanol–water partition coefficient (Wildman–Crippen LogP) is 1.70. The fourth-order valence-electron chi connectivity index (χ4n) is 3.69. The number of ether oxygens (including phenoxy) is 1. The Balaban J connectivity index is 1.43. The van der Waals surface area contributed by atoms with E-state index in [1.165, 1.54) is 10.9 Å². The number of nitrogens with zero attached hydrogens (tertiary/aromatic N) is 6. The molecule has 0 unspecified atom stereocenters.